The molecule has 226 valence electrons. The molecule has 0 fully saturated rings. The standard InChI is InChI=1S/C32H34F2N4O5/c1-17-13-21-22(32(4,5)43-31(21,2)3)15-18(17)14-19-11-12-25(42-19)27(39)36-26-28(40-6)37-30(38-29(26)41-7)35-16-20-23(33)9-8-10-24(20)34/h8-13,15H,14,16H2,1-7H3,(H,36,39)(H,35,37,38). The molecule has 0 spiro atoms. The zero-order valence-corrected chi connectivity index (χ0v) is 25.1. The van der Waals surface area contributed by atoms with Gasteiger partial charge in [0.05, 0.1) is 25.4 Å². The lowest BCUT2D eigenvalue weighted by molar-refractivity contribution is -0.105. The molecule has 3 heterocycles. The monoisotopic (exact) mass is 592 g/mol. The maximum Gasteiger partial charge on any atom is 0.291 e. The third kappa shape index (κ3) is 5.90. The number of furan rings is 1. The largest absolute Gasteiger partial charge is 0.479 e. The molecule has 2 aromatic heterocycles. The fourth-order valence-electron chi connectivity index (χ4n) is 5.42. The van der Waals surface area contributed by atoms with Gasteiger partial charge < -0.3 is 29.3 Å². The number of rotatable bonds is 9. The predicted octanol–water partition coefficient (Wildman–Crippen LogP) is 6.63. The fourth-order valence-corrected chi connectivity index (χ4v) is 5.42. The lowest BCUT2D eigenvalue weighted by atomic mass is 9.86. The van der Waals surface area contributed by atoms with Gasteiger partial charge in [0.15, 0.2) is 11.4 Å². The molecule has 0 bridgehead atoms. The van der Waals surface area contributed by atoms with E-state index >= 15 is 0 Å². The van der Waals surface area contributed by atoms with E-state index in [1.54, 1.807) is 12.1 Å². The number of aryl methyl sites for hydroxylation is 1. The Morgan fingerprint density at radius 1 is 0.930 bits per heavy atom. The van der Waals surface area contributed by atoms with Crippen LogP contribution in [0.1, 0.15) is 71.8 Å². The van der Waals surface area contributed by atoms with Crippen molar-refractivity contribution in [3.05, 3.63) is 93.4 Å². The number of nitrogens with zero attached hydrogens (tertiary/aromatic N) is 2. The molecule has 2 aromatic carbocycles. The molecular formula is C32H34F2N4O5. The van der Waals surface area contributed by atoms with Crippen LogP contribution in [0.3, 0.4) is 0 Å². The minimum atomic E-state index is -0.707. The summed E-state index contributed by atoms with van der Waals surface area (Å²) in [4.78, 5) is 21.6. The zero-order valence-electron chi connectivity index (χ0n) is 25.1. The lowest BCUT2D eigenvalue weighted by Gasteiger charge is -2.24. The van der Waals surface area contributed by atoms with E-state index in [-0.39, 0.29) is 46.9 Å². The van der Waals surface area contributed by atoms with Crippen LogP contribution in [0.25, 0.3) is 0 Å². The molecule has 11 heteroatoms. The van der Waals surface area contributed by atoms with Crippen molar-refractivity contribution in [2.45, 2.75) is 58.8 Å². The van der Waals surface area contributed by atoms with E-state index in [1.807, 2.05) is 0 Å². The van der Waals surface area contributed by atoms with Gasteiger partial charge in [0.25, 0.3) is 5.91 Å². The average molecular weight is 593 g/mol. The summed E-state index contributed by atoms with van der Waals surface area (Å²) in [7, 11) is 2.71. The molecule has 5 rings (SSSR count). The normalized spacial score (nSPS) is 14.7. The van der Waals surface area contributed by atoms with Crippen molar-refractivity contribution in [1.82, 2.24) is 9.97 Å². The Balaban J connectivity index is 1.33. The first-order valence-electron chi connectivity index (χ1n) is 13.7. The van der Waals surface area contributed by atoms with Gasteiger partial charge in [0, 0.05) is 18.5 Å². The Morgan fingerprint density at radius 2 is 1.53 bits per heavy atom. The van der Waals surface area contributed by atoms with Crippen LogP contribution in [-0.4, -0.2) is 30.1 Å². The van der Waals surface area contributed by atoms with Crippen molar-refractivity contribution < 1.29 is 32.2 Å². The van der Waals surface area contributed by atoms with E-state index in [0.29, 0.717) is 12.2 Å². The first kappa shape index (κ1) is 30.0. The number of halogens is 2. The number of methoxy groups -OCH3 is 2. The van der Waals surface area contributed by atoms with E-state index < -0.39 is 23.1 Å². The fraction of sp³-hybridized carbons (Fsp3) is 0.344. The third-order valence-electron chi connectivity index (χ3n) is 7.49. The summed E-state index contributed by atoms with van der Waals surface area (Å²) in [6.07, 6.45) is 0.488. The Hall–Kier alpha value is -4.51. The van der Waals surface area contributed by atoms with Crippen LogP contribution in [0.2, 0.25) is 0 Å². The van der Waals surface area contributed by atoms with Crippen molar-refractivity contribution in [2.24, 2.45) is 0 Å². The van der Waals surface area contributed by atoms with Crippen LogP contribution < -0.4 is 20.1 Å². The van der Waals surface area contributed by atoms with E-state index in [4.69, 9.17) is 18.6 Å². The van der Waals surface area contributed by atoms with Crippen molar-refractivity contribution >= 4 is 17.5 Å². The van der Waals surface area contributed by atoms with Crippen LogP contribution in [0.15, 0.2) is 46.9 Å². The van der Waals surface area contributed by atoms with Gasteiger partial charge in [-0.05, 0) is 81.1 Å². The van der Waals surface area contributed by atoms with Gasteiger partial charge in [0.2, 0.25) is 17.7 Å². The molecule has 1 aliphatic rings. The van der Waals surface area contributed by atoms with Gasteiger partial charge in [-0.2, -0.15) is 9.97 Å². The quantitative estimate of drug-likeness (QED) is 0.223. The van der Waals surface area contributed by atoms with Gasteiger partial charge in [-0.3, -0.25) is 4.79 Å². The summed E-state index contributed by atoms with van der Waals surface area (Å²) in [6.45, 7) is 10.1. The maximum atomic E-state index is 14.0. The van der Waals surface area contributed by atoms with Gasteiger partial charge in [-0.15, -0.1) is 0 Å². The summed E-state index contributed by atoms with van der Waals surface area (Å²) < 4.78 is 51.0. The van der Waals surface area contributed by atoms with Gasteiger partial charge in [-0.1, -0.05) is 18.2 Å². The average Bonchev–Trinajstić information content (AvgIpc) is 3.48. The van der Waals surface area contributed by atoms with Crippen LogP contribution in [0.4, 0.5) is 20.4 Å². The second-order valence-electron chi connectivity index (χ2n) is 11.3. The highest BCUT2D eigenvalue weighted by Crippen LogP contribution is 2.47. The molecule has 0 unspecified atom stereocenters. The number of carbonyl (C=O) groups excluding carboxylic acids is 1. The van der Waals surface area contributed by atoms with E-state index in [2.05, 4.69) is 67.4 Å². The number of hydrogen-bond donors (Lipinski definition) is 2. The van der Waals surface area contributed by atoms with Crippen LogP contribution in [0.5, 0.6) is 11.8 Å². The lowest BCUT2D eigenvalue weighted by Crippen LogP contribution is -2.22. The molecule has 4 aromatic rings. The predicted molar refractivity (Wildman–Crippen MR) is 157 cm³/mol. The molecule has 2 N–H and O–H groups in total. The summed E-state index contributed by atoms with van der Waals surface area (Å²) in [5, 5.41) is 5.45. The van der Waals surface area contributed by atoms with Crippen molar-refractivity contribution in [3.63, 3.8) is 0 Å². The first-order chi connectivity index (χ1) is 20.3. The van der Waals surface area contributed by atoms with Crippen LogP contribution in [-0.2, 0) is 28.9 Å². The van der Waals surface area contributed by atoms with Gasteiger partial charge in [0.1, 0.15) is 17.4 Å². The Morgan fingerprint density at radius 3 is 2.14 bits per heavy atom. The number of carbonyl (C=O) groups is 1. The third-order valence-corrected chi connectivity index (χ3v) is 7.49. The number of amides is 1. The Labute approximate surface area is 248 Å². The van der Waals surface area contributed by atoms with E-state index in [9.17, 15) is 13.6 Å². The summed E-state index contributed by atoms with van der Waals surface area (Å²) in [5.74, 6) is -1.37. The minimum Gasteiger partial charge on any atom is -0.479 e. The number of aromatic nitrogens is 2. The molecule has 0 saturated heterocycles. The second-order valence-corrected chi connectivity index (χ2v) is 11.3. The molecule has 9 nitrogen and oxygen atoms in total. The van der Waals surface area contributed by atoms with Crippen LogP contribution >= 0.6 is 0 Å². The van der Waals surface area contributed by atoms with Crippen LogP contribution in [0, 0.1) is 18.6 Å². The summed E-state index contributed by atoms with van der Waals surface area (Å²) >= 11 is 0. The molecule has 0 saturated carbocycles. The molecule has 0 aliphatic carbocycles. The Bertz CT molecular complexity index is 1650. The second kappa shape index (κ2) is 11.3. The van der Waals surface area contributed by atoms with E-state index in [0.717, 1.165) is 28.8 Å². The number of ether oxygens (including phenoxy) is 3. The molecule has 43 heavy (non-hydrogen) atoms. The number of hydrogen-bond acceptors (Lipinski definition) is 8. The topological polar surface area (TPSA) is 108 Å². The highest BCUT2D eigenvalue weighted by atomic mass is 19.1. The van der Waals surface area contributed by atoms with Gasteiger partial charge >= 0.3 is 0 Å². The molecule has 0 atom stereocenters. The van der Waals surface area contributed by atoms with E-state index in [1.165, 1.54) is 25.8 Å². The minimum absolute atomic E-state index is 0.0173. The SMILES string of the molecule is COc1nc(NCc2c(F)cccc2F)nc(OC)c1NC(=O)c1ccc(Cc2cc3c(cc2C)C(C)(C)OC3(C)C)o1. The van der Waals surface area contributed by atoms with Gasteiger partial charge in [-0.25, -0.2) is 8.78 Å². The number of benzene rings is 2. The van der Waals surface area contributed by atoms with Crippen molar-refractivity contribution in [3.8, 4) is 11.8 Å². The Kier molecular flexibility index (Phi) is 7.87. The molecule has 1 aliphatic heterocycles. The molecule has 1 amide bonds. The summed E-state index contributed by atoms with van der Waals surface area (Å²) in [6, 6.07) is 11.3. The summed E-state index contributed by atoms with van der Waals surface area (Å²) in [5.41, 5.74) is 3.58. The van der Waals surface area contributed by atoms with Crippen molar-refractivity contribution in [1.29, 1.82) is 0 Å². The highest BCUT2D eigenvalue weighted by Gasteiger charge is 2.43. The molecule has 0 radical (unpaired) electrons. The zero-order chi connectivity index (χ0) is 31.1. The number of fused-ring (bicyclic) bond motifs is 1. The highest BCUT2D eigenvalue weighted by molar-refractivity contribution is 6.03. The molecular weight excluding hydrogens is 558 g/mol. The first-order valence-corrected chi connectivity index (χ1v) is 13.7. The smallest absolute Gasteiger partial charge is 0.291 e. The number of anilines is 2. The van der Waals surface area contributed by atoms with Crippen molar-refractivity contribution in [2.75, 3.05) is 24.9 Å². The maximum absolute atomic E-state index is 14.0. The number of nitrogens with one attached hydrogen (secondary N) is 2.